The average molecular weight is 380 g/mol. The largest absolute Gasteiger partial charge is 0.388 e. The molecule has 28 heavy (non-hydrogen) atoms. The smallest absolute Gasteiger partial charge is 0.159 e. The van der Waals surface area contributed by atoms with Gasteiger partial charge in [-0.25, -0.2) is 18.7 Å². The first kappa shape index (κ1) is 18.3. The van der Waals surface area contributed by atoms with E-state index in [0.29, 0.717) is 28.9 Å². The van der Waals surface area contributed by atoms with Crippen LogP contribution in [0.15, 0.2) is 42.7 Å². The summed E-state index contributed by atoms with van der Waals surface area (Å²) >= 11 is 0. The number of nitriles is 1. The van der Waals surface area contributed by atoms with Crippen molar-refractivity contribution in [1.82, 2.24) is 9.97 Å². The fraction of sp³-hybridized carbons (Fsp3) is 0.286. The van der Waals surface area contributed by atoms with Gasteiger partial charge in [-0.15, -0.1) is 0 Å². The Bertz CT molecular complexity index is 1070. The number of aliphatic hydroxyl groups excluding tert-OH is 1. The van der Waals surface area contributed by atoms with Crippen LogP contribution in [0.2, 0.25) is 0 Å². The summed E-state index contributed by atoms with van der Waals surface area (Å²) in [6.07, 6.45) is 2.81. The van der Waals surface area contributed by atoms with Gasteiger partial charge < -0.3 is 10.4 Å². The highest BCUT2D eigenvalue weighted by atomic mass is 19.2. The van der Waals surface area contributed by atoms with E-state index in [1.54, 1.807) is 12.1 Å². The Kier molecular flexibility index (Phi) is 4.88. The molecule has 1 fully saturated rings. The maximum absolute atomic E-state index is 13.5. The lowest BCUT2D eigenvalue weighted by molar-refractivity contribution is 0.110. The van der Waals surface area contributed by atoms with Crippen LogP contribution in [-0.4, -0.2) is 21.1 Å². The molecule has 0 amide bonds. The first-order chi connectivity index (χ1) is 13.6. The third kappa shape index (κ3) is 3.39. The lowest BCUT2D eigenvalue weighted by Gasteiger charge is -2.20. The molecule has 7 heteroatoms. The fourth-order valence-corrected chi connectivity index (χ4v) is 3.89. The Hall–Kier alpha value is -3.11. The maximum atomic E-state index is 13.5. The Morgan fingerprint density at radius 2 is 2.00 bits per heavy atom. The number of para-hydroxylation sites is 1. The van der Waals surface area contributed by atoms with Crippen LogP contribution in [-0.2, 0) is 0 Å². The quantitative estimate of drug-likeness (QED) is 0.712. The monoisotopic (exact) mass is 380 g/mol. The van der Waals surface area contributed by atoms with E-state index in [1.807, 2.05) is 6.07 Å². The Labute approximate surface area is 160 Å². The van der Waals surface area contributed by atoms with Crippen LogP contribution in [0.3, 0.4) is 0 Å². The molecule has 0 radical (unpaired) electrons. The summed E-state index contributed by atoms with van der Waals surface area (Å²) in [7, 11) is 0. The lowest BCUT2D eigenvalue weighted by atomic mass is 9.94. The molecule has 2 N–H and O–H groups in total. The van der Waals surface area contributed by atoms with Gasteiger partial charge >= 0.3 is 0 Å². The topological polar surface area (TPSA) is 81.8 Å². The number of fused-ring (bicyclic) bond motifs is 1. The summed E-state index contributed by atoms with van der Waals surface area (Å²) in [5.41, 5.74) is 1.47. The summed E-state index contributed by atoms with van der Waals surface area (Å²) in [4.78, 5) is 8.52. The molecule has 0 saturated heterocycles. The number of aromatic nitrogens is 2. The lowest BCUT2D eigenvalue weighted by Crippen LogP contribution is -2.18. The summed E-state index contributed by atoms with van der Waals surface area (Å²) in [6.45, 7) is 0. The highest BCUT2D eigenvalue weighted by Gasteiger charge is 2.31. The van der Waals surface area contributed by atoms with Crippen LogP contribution in [0, 0.1) is 28.9 Å². The maximum Gasteiger partial charge on any atom is 0.159 e. The van der Waals surface area contributed by atoms with Crippen molar-refractivity contribution in [2.24, 2.45) is 5.92 Å². The molecule has 3 aromatic rings. The molecule has 0 bridgehead atoms. The SMILES string of the molecule is N#Cc1cccc2c(NC3CCC(C(O)c4ccc(F)c(F)c4)C3)ncnc12. The molecule has 3 unspecified atom stereocenters. The number of rotatable bonds is 4. The molecule has 1 aliphatic rings. The molecule has 1 saturated carbocycles. The Balaban J connectivity index is 1.50. The van der Waals surface area contributed by atoms with Gasteiger partial charge in [0.1, 0.15) is 18.2 Å². The molecule has 0 aliphatic heterocycles. The molecular formula is C21H18F2N4O. The normalized spacial score (nSPS) is 20.1. The number of nitrogens with zero attached hydrogens (tertiary/aromatic N) is 3. The molecule has 2 aromatic carbocycles. The number of anilines is 1. The van der Waals surface area contributed by atoms with Gasteiger partial charge in [-0.1, -0.05) is 12.1 Å². The van der Waals surface area contributed by atoms with E-state index in [-0.39, 0.29) is 12.0 Å². The molecule has 5 nitrogen and oxygen atoms in total. The first-order valence-corrected chi connectivity index (χ1v) is 9.10. The van der Waals surface area contributed by atoms with Gasteiger partial charge in [0.25, 0.3) is 0 Å². The van der Waals surface area contributed by atoms with Crippen molar-refractivity contribution in [3.63, 3.8) is 0 Å². The molecule has 1 aromatic heterocycles. The van der Waals surface area contributed by atoms with Crippen molar-refractivity contribution in [2.75, 3.05) is 5.32 Å². The predicted octanol–water partition coefficient (Wildman–Crippen LogP) is 4.09. The first-order valence-electron chi connectivity index (χ1n) is 9.10. The molecule has 1 aliphatic carbocycles. The molecule has 3 atom stereocenters. The molecule has 0 spiro atoms. The van der Waals surface area contributed by atoms with Crippen LogP contribution < -0.4 is 5.32 Å². The van der Waals surface area contributed by atoms with Gasteiger partial charge in [0.15, 0.2) is 11.6 Å². The third-order valence-corrected chi connectivity index (χ3v) is 5.33. The number of nitrogens with one attached hydrogen (secondary N) is 1. The second-order valence-corrected chi connectivity index (χ2v) is 7.07. The Morgan fingerprint density at radius 1 is 1.14 bits per heavy atom. The van der Waals surface area contributed by atoms with Gasteiger partial charge in [0.05, 0.1) is 17.2 Å². The summed E-state index contributed by atoms with van der Waals surface area (Å²) < 4.78 is 26.6. The van der Waals surface area contributed by atoms with Crippen molar-refractivity contribution in [3.8, 4) is 6.07 Å². The molecule has 142 valence electrons. The van der Waals surface area contributed by atoms with Crippen LogP contribution in [0.1, 0.15) is 36.5 Å². The highest BCUT2D eigenvalue weighted by Crippen LogP contribution is 2.37. The van der Waals surface area contributed by atoms with Crippen molar-refractivity contribution in [3.05, 3.63) is 65.5 Å². The van der Waals surface area contributed by atoms with Crippen molar-refractivity contribution in [2.45, 2.75) is 31.4 Å². The molecule has 1 heterocycles. The van der Waals surface area contributed by atoms with E-state index < -0.39 is 17.7 Å². The van der Waals surface area contributed by atoms with Crippen LogP contribution in [0.25, 0.3) is 10.9 Å². The molecule has 4 rings (SSSR count). The molecular weight excluding hydrogens is 362 g/mol. The number of benzene rings is 2. The highest BCUT2D eigenvalue weighted by molar-refractivity contribution is 5.92. The summed E-state index contributed by atoms with van der Waals surface area (Å²) in [6, 6.07) is 11.1. The van der Waals surface area contributed by atoms with Crippen molar-refractivity contribution in [1.29, 1.82) is 5.26 Å². The number of hydrogen-bond acceptors (Lipinski definition) is 5. The Morgan fingerprint density at radius 3 is 2.79 bits per heavy atom. The van der Waals surface area contributed by atoms with Gasteiger partial charge in [0.2, 0.25) is 0 Å². The predicted molar refractivity (Wildman–Crippen MR) is 100 cm³/mol. The number of aliphatic hydroxyl groups is 1. The second kappa shape index (κ2) is 7.49. The minimum atomic E-state index is -0.954. The van der Waals surface area contributed by atoms with Crippen molar-refractivity contribution < 1.29 is 13.9 Å². The van der Waals surface area contributed by atoms with Crippen molar-refractivity contribution >= 4 is 16.7 Å². The third-order valence-electron chi connectivity index (χ3n) is 5.33. The van der Waals surface area contributed by atoms with Gasteiger partial charge in [0, 0.05) is 11.4 Å². The van der Waals surface area contributed by atoms with E-state index in [4.69, 9.17) is 0 Å². The summed E-state index contributed by atoms with van der Waals surface area (Å²) in [5, 5.41) is 24.0. The van der Waals surface area contributed by atoms with Gasteiger partial charge in [-0.05, 0) is 55.0 Å². The van der Waals surface area contributed by atoms with Gasteiger partial charge in [-0.3, -0.25) is 0 Å². The van der Waals surface area contributed by atoms with E-state index in [1.165, 1.54) is 12.4 Å². The van der Waals surface area contributed by atoms with Crippen LogP contribution in [0.4, 0.5) is 14.6 Å². The zero-order valence-corrected chi connectivity index (χ0v) is 14.9. The zero-order chi connectivity index (χ0) is 19.7. The minimum Gasteiger partial charge on any atom is -0.388 e. The van der Waals surface area contributed by atoms with Crippen LogP contribution >= 0.6 is 0 Å². The number of hydrogen-bond donors (Lipinski definition) is 2. The average Bonchev–Trinajstić information content (AvgIpc) is 3.18. The summed E-state index contributed by atoms with van der Waals surface area (Å²) in [5.74, 6) is -1.29. The zero-order valence-electron chi connectivity index (χ0n) is 14.9. The minimum absolute atomic E-state index is 0.0647. The van der Waals surface area contributed by atoms with E-state index >= 15 is 0 Å². The fourth-order valence-electron chi connectivity index (χ4n) is 3.89. The number of halogens is 2. The second-order valence-electron chi connectivity index (χ2n) is 7.07. The van der Waals surface area contributed by atoms with Crippen LogP contribution in [0.5, 0.6) is 0 Å². The van der Waals surface area contributed by atoms with Gasteiger partial charge in [-0.2, -0.15) is 5.26 Å². The van der Waals surface area contributed by atoms with E-state index in [0.717, 1.165) is 30.4 Å². The van der Waals surface area contributed by atoms with E-state index in [9.17, 15) is 19.1 Å². The van der Waals surface area contributed by atoms with E-state index in [2.05, 4.69) is 21.4 Å². The standard InChI is InChI=1S/C21H18F2N4O/c22-17-7-5-13(9-18(17)23)20(28)12-4-6-15(8-12)27-21-16-3-1-2-14(10-24)19(16)25-11-26-21/h1-3,5,7,9,11-12,15,20,28H,4,6,8H2,(H,25,26,27).